The monoisotopic (exact) mass is 290 g/mol. The summed E-state index contributed by atoms with van der Waals surface area (Å²) in [5.41, 5.74) is 0. The van der Waals surface area contributed by atoms with Crippen molar-refractivity contribution in [2.24, 2.45) is 0 Å². The molecule has 16 heavy (non-hydrogen) atoms. The van der Waals surface area contributed by atoms with E-state index in [0.29, 0.717) is 12.5 Å². The lowest BCUT2D eigenvalue weighted by atomic mass is 10.2. The zero-order valence-electron chi connectivity index (χ0n) is 9.59. The third-order valence-corrected chi connectivity index (χ3v) is 3.04. The van der Waals surface area contributed by atoms with Crippen LogP contribution in [0.3, 0.4) is 0 Å². The number of carbonyl (C=O) groups is 2. The summed E-state index contributed by atoms with van der Waals surface area (Å²) in [4.78, 5) is 23.0. The number of hydrogen-bond donors (Lipinski definition) is 2. The van der Waals surface area contributed by atoms with Gasteiger partial charge in [-0.05, 0) is 32.6 Å². The van der Waals surface area contributed by atoms with Crippen molar-refractivity contribution in [1.82, 2.24) is 10.6 Å². The Hall–Kier alpha value is -0.580. The zero-order valence-corrected chi connectivity index (χ0v) is 11.2. The maximum absolute atomic E-state index is 11.5. The molecule has 2 N–H and O–H groups in total. The van der Waals surface area contributed by atoms with E-state index in [0.717, 1.165) is 31.0 Å². The normalized spacial score (nSPS) is 16.6. The molecule has 0 aromatic heterocycles. The van der Waals surface area contributed by atoms with Crippen molar-refractivity contribution < 1.29 is 9.59 Å². The molecule has 4 nitrogen and oxygen atoms in total. The first-order valence-corrected chi connectivity index (χ1v) is 6.91. The summed E-state index contributed by atoms with van der Waals surface area (Å²) in [6.07, 6.45) is 4.46. The Morgan fingerprint density at radius 2 is 2.06 bits per heavy atom. The van der Waals surface area contributed by atoms with Crippen molar-refractivity contribution in [3.05, 3.63) is 0 Å². The van der Waals surface area contributed by atoms with Crippen molar-refractivity contribution in [3.8, 4) is 0 Å². The minimum absolute atomic E-state index is 0.0422. The van der Waals surface area contributed by atoms with Gasteiger partial charge in [0.15, 0.2) is 0 Å². The Morgan fingerprint density at radius 1 is 1.38 bits per heavy atom. The Labute approximate surface area is 105 Å². The molecule has 1 atom stereocenters. The molecule has 0 saturated heterocycles. The van der Waals surface area contributed by atoms with Crippen LogP contribution in [0, 0.1) is 0 Å². The molecule has 1 aliphatic carbocycles. The molecular formula is C11H19BrN2O2. The highest BCUT2D eigenvalue weighted by Crippen LogP contribution is 2.18. The summed E-state index contributed by atoms with van der Waals surface area (Å²) in [7, 11) is 0. The number of rotatable bonds is 7. The van der Waals surface area contributed by atoms with E-state index in [1.165, 1.54) is 0 Å². The largest absolute Gasteiger partial charge is 0.352 e. The third kappa shape index (κ3) is 5.49. The quantitative estimate of drug-likeness (QED) is 0.549. The number of carbonyl (C=O) groups excluding carboxylic acids is 2. The smallest absolute Gasteiger partial charge is 0.242 e. The minimum atomic E-state index is -0.419. The second kappa shape index (κ2) is 6.89. The van der Waals surface area contributed by atoms with Gasteiger partial charge in [0.2, 0.25) is 11.8 Å². The Morgan fingerprint density at radius 3 is 2.62 bits per heavy atom. The van der Waals surface area contributed by atoms with Crippen LogP contribution in [0.1, 0.15) is 39.0 Å². The second-order valence-corrected chi connectivity index (χ2v) is 5.01. The Bertz CT molecular complexity index is 254. The highest BCUT2D eigenvalue weighted by Gasteiger charge is 2.25. The van der Waals surface area contributed by atoms with Crippen molar-refractivity contribution in [2.75, 3.05) is 5.33 Å². The lowest BCUT2D eigenvalue weighted by molar-refractivity contribution is -0.128. The van der Waals surface area contributed by atoms with Crippen LogP contribution >= 0.6 is 15.9 Å². The lowest BCUT2D eigenvalue weighted by Gasteiger charge is -2.13. The summed E-state index contributed by atoms with van der Waals surface area (Å²) >= 11 is 3.31. The number of alkyl halides is 1. The van der Waals surface area contributed by atoms with E-state index in [9.17, 15) is 9.59 Å². The number of halogens is 1. The van der Waals surface area contributed by atoms with E-state index in [1.54, 1.807) is 6.92 Å². The molecule has 1 aliphatic rings. The Kier molecular flexibility index (Phi) is 5.80. The van der Waals surface area contributed by atoms with Crippen LogP contribution in [0.4, 0.5) is 0 Å². The summed E-state index contributed by atoms with van der Waals surface area (Å²) in [6.45, 7) is 1.72. The molecule has 92 valence electrons. The average molecular weight is 291 g/mol. The van der Waals surface area contributed by atoms with Crippen LogP contribution in [-0.4, -0.2) is 29.2 Å². The van der Waals surface area contributed by atoms with Gasteiger partial charge in [-0.3, -0.25) is 9.59 Å². The molecule has 0 aliphatic heterocycles. The van der Waals surface area contributed by atoms with E-state index in [2.05, 4.69) is 26.6 Å². The van der Waals surface area contributed by atoms with E-state index in [4.69, 9.17) is 0 Å². The van der Waals surface area contributed by atoms with E-state index in [-0.39, 0.29) is 11.8 Å². The van der Waals surface area contributed by atoms with Crippen molar-refractivity contribution in [2.45, 2.75) is 51.1 Å². The highest BCUT2D eigenvalue weighted by molar-refractivity contribution is 9.09. The van der Waals surface area contributed by atoms with E-state index < -0.39 is 6.04 Å². The molecule has 1 unspecified atom stereocenters. The molecule has 0 heterocycles. The zero-order chi connectivity index (χ0) is 12.0. The summed E-state index contributed by atoms with van der Waals surface area (Å²) < 4.78 is 0. The predicted octanol–water partition coefficient (Wildman–Crippen LogP) is 1.33. The molecule has 0 radical (unpaired) electrons. The standard InChI is InChI=1S/C11H19BrN2O2/c1-8(11(16)14-9-5-6-9)13-10(15)4-2-3-7-12/h8-9H,2-7H2,1H3,(H,13,15)(H,14,16). The van der Waals surface area contributed by atoms with Gasteiger partial charge in [-0.25, -0.2) is 0 Å². The maximum atomic E-state index is 11.5. The van der Waals surface area contributed by atoms with Crippen molar-refractivity contribution >= 4 is 27.7 Å². The molecule has 5 heteroatoms. The minimum Gasteiger partial charge on any atom is -0.352 e. The molecule has 0 aromatic carbocycles. The average Bonchev–Trinajstić information content (AvgIpc) is 3.02. The molecule has 1 saturated carbocycles. The van der Waals surface area contributed by atoms with Crippen LogP contribution < -0.4 is 10.6 Å². The lowest BCUT2D eigenvalue weighted by Crippen LogP contribution is -2.45. The summed E-state index contributed by atoms with van der Waals surface area (Å²) in [5.74, 6) is -0.115. The third-order valence-electron chi connectivity index (χ3n) is 2.48. The van der Waals surface area contributed by atoms with Crippen molar-refractivity contribution in [3.63, 3.8) is 0 Å². The first kappa shape index (κ1) is 13.5. The van der Waals surface area contributed by atoms with Gasteiger partial charge in [0.25, 0.3) is 0 Å². The van der Waals surface area contributed by atoms with E-state index in [1.807, 2.05) is 0 Å². The SMILES string of the molecule is CC(NC(=O)CCCCBr)C(=O)NC1CC1. The van der Waals surface area contributed by atoms with Crippen LogP contribution in [0.25, 0.3) is 0 Å². The van der Waals surface area contributed by atoms with E-state index >= 15 is 0 Å². The van der Waals surface area contributed by atoms with Crippen LogP contribution in [0.2, 0.25) is 0 Å². The number of nitrogens with one attached hydrogen (secondary N) is 2. The van der Waals surface area contributed by atoms with Gasteiger partial charge in [-0.15, -0.1) is 0 Å². The molecule has 2 amide bonds. The Balaban J connectivity index is 2.13. The maximum Gasteiger partial charge on any atom is 0.242 e. The van der Waals surface area contributed by atoms with Gasteiger partial charge in [0.05, 0.1) is 0 Å². The molecule has 1 fully saturated rings. The van der Waals surface area contributed by atoms with Gasteiger partial charge in [-0.2, -0.15) is 0 Å². The number of unbranched alkanes of at least 4 members (excludes halogenated alkanes) is 1. The van der Waals surface area contributed by atoms with Crippen LogP contribution in [-0.2, 0) is 9.59 Å². The number of hydrogen-bond acceptors (Lipinski definition) is 2. The summed E-state index contributed by atoms with van der Waals surface area (Å²) in [6, 6.07) is -0.0719. The fraction of sp³-hybridized carbons (Fsp3) is 0.818. The van der Waals surface area contributed by atoms with Crippen LogP contribution in [0.5, 0.6) is 0 Å². The molecule has 0 aromatic rings. The molecular weight excluding hydrogens is 272 g/mol. The topological polar surface area (TPSA) is 58.2 Å². The number of amides is 2. The van der Waals surface area contributed by atoms with Gasteiger partial charge < -0.3 is 10.6 Å². The fourth-order valence-electron chi connectivity index (χ4n) is 1.31. The molecule has 1 rings (SSSR count). The highest BCUT2D eigenvalue weighted by atomic mass is 79.9. The molecule has 0 spiro atoms. The fourth-order valence-corrected chi connectivity index (χ4v) is 1.71. The predicted molar refractivity (Wildman–Crippen MR) is 66.4 cm³/mol. The van der Waals surface area contributed by atoms with Gasteiger partial charge in [0.1, 0.15) is 6.04 Å². The van der Waals surface area contributed by atoms with Gasteiger partial charge >= 0.3 is 0 Å². The second-order valence-electron chi connectivity index (χ2n) is 4.22. The van der Waals surface area contributed by atoms with Crippen LogP contribution in [0.15, 0.2) is 0 Å². The van der Waals surface area contributed by atoms with Gasteiger partial charge in [0, 0.05) is 17.8 Å². The summed E-state index contributed by atoms with van der Waals surface area (Å²) in [5, 5.41) is 6.49. The van der Waals surface area contributed by atoms with Crippen molar-refractivity contribution in [1.29, 1.82) is 0 Å². The first-order chi connectivity index (χ1) is 7.63. The molecule has 0 bridgehead atoms. The first-order valence-electron chi connectivity index (χ1n) is 5.79. The van der Waals surface area contributed by atoms with Gasteiger partial charge in [-0.1, -0.05) is 15.9 Å².